The average molecular weight is 793 g/mol. The molecule has 58 heavy (non-hydrogen) atoms. The third-order valence-electron chi connectivity index (χ3n) is 11.3. The number of carbonyl (C=O) groups excluding carboxylic acids is 6. The molecule has 2 saturated carbocycles. The normalized spacial score (nSPS) is 22.2. The Morgan fingerprint density at radius 2 is 1.21 bits per heavy atom. The van der Waals surface area contributed by atoms with Crippen LogP contribution in [0, 0.1) is 11.8 Å². The number of alkyl carbamates (subject to hydrolysis) is 1. The molecular formula is C45H56N6O7. The van der Waals surface area contributed by atoms with Crippen molar-refractivity contribution in [2.75, 3.05) is 32.8 Å². The number of carbonyl (C=O) groups is 6. The van der Waals surface area contributed by atoms with Crippen molar-refractivity contribution in [1.82, 2.24) is 31.5 Å². The predicted molar refractivity (Wildman–Crippen MR) is 219 cm³/mol. The van der Waals surface area contributed by atoms with Crippen molar-refractivity contribution in [2.45, 2.75) is 88.8 Å². The van der Waals surface area contributed by atoms with Gasteiger partial charge in [-0.05, 0) is 61.6 Å². The van der Waals surface area contributed by atoms with Crippen molar-refractivity contribution in [2.24, 2.45) is 11.8 Å². The molecule has 0 aromatic heterocycles. The molecule has 2 aliphatic carbocycles. The van der Waals surface area contributed by atoms with Crippen LogP contribution in [0.25, 0.3) is 0 Å². The molecule has 13 heteroatoms. The van der Waals surface area contributed by atoms with Gasteiger partial charge < -0.3 is 36.2 Å². The van der Waals surface area contributed by atoms with Crippen LogP contribution in [0.4, 0.5) is 4.79 Å². The molecular weight excluding hydrogens is 737 g/mol. The molecule has 3 aliphatic rings. The van der Waals surface area contributed by atoms with Gasteiger partial charge in [0.25, 0.3) is 11.8 Å². The van der Waals surface area contributed by atoms with E-state index in [-0.39, 0.29) is 73.4 Å². The molecule has 0 unspecified atom stereocenters. The van der Waals surface area contributed by atoms with E-state index >= 15 is 0 Å². The van der Waals surface area contributed by atoms with E-state index in [4.69, 9.17) is 4.74 Å². The zero-order chi connectivity index (χ0) is 41.0. The number of nitrogens with zero attached hydrogens (tertiary/aromatic N) is 1. The quantitative estimate of drug-likeness (QED) is 0.110. The summed E-state index contributed by atoms with van der Waals surface area (Å²) < 4.78 is 5.25. The Morgan fingerprint density at radius 1 is 0.672 bits per heavy atom. The van der Waals surface area contributed by atoms with Gasteiger partial charge in [-0.2, -0.15) is 0 Å². The Bertz CT molecular complexity index is 1820. The minimum Gasteiger partial charge on any atom is -0.450 e. The van der Waals surface area contributed by atoms with E-state index in [2.05, 4.69) is 33.5 Å². The summed E-state index contributed by atoms with van der Waals surface area (Å²) in [6.45, 7) is 4.43. The van der Waals surface area contributed by atoms with Gasteiger partial charge in [-0.1, -0.05) is 93.3 Å². The third-order valence-corrected chi connectivity index (χ3v) is 11.3. The highest BCUT2D eigenvalue weighted by Gasteiger charge is 2.49. The predicted octanol–water partition coefficient (Wildman–Crippen LogP) is 4.65. The summed E-state index contributed by atoms with van der Waals surface area (Å²) in [4.78, 5) is 81.3. The van der Waals surface area contributed by atoms with Crippen molar-refractivity contribution in [3.63, 3.8) is 0 Å². The molecule has 0 bridgehead atoms. The molecule has 3 aromatic rings. The molecule has 13 nitrogen and oxygen atoms in total. The summed E-state index contributed by atoms with van der Waals surface area (Å²) >= 11 is 0. The van der Waals surface area contributed by atoms with Crippen LogP contribution in [-0.2, 0) is 19.1 Å². The van der Waals surface area contributed by atoms with E-state index in [9.17, 15) is 28.8 Å². The van der Waals surface area contributed by atoms with Crippen LogP contribution in [0.3, 0.4) is 0 Å². The SMILES string of the molecule is CCCCCCCOC(=O)N[C@@H](CNC(=O)c1ccc(C(=O)N2C[C@@H](C(=O)N[C@H]3C[C@@H]3c3ccccc3)[C@H](C(=O)N[C@H]3C[C@@H]3c3ccccc3)C2)cc1)C(=O)NCC. The number of benzene rings is 3. The van der Waals surface area contributed by atoms with E-state index in [1.807, 2.05) is 60.7 Å². The molecule has 0 spiro atoms. The number of likely N-dealkylation sites (tertiary alicyclic amines) is 1. The zero-order valence-corrected chi connectivity index (χ0v) is 33.4. The van der Waals surface area contributed by atoms with Crippen molar-refractivity contribution in [3.8, 4) is 0 Å². The Kier molecular flexibility index (Phi) is 14.5. The van der Waals surface area contributed by atoms with Crippen LogP contribution < -0.4 is 26.6 Å². The monoisotopic (exact) mass is 792 g/mol. The second-order valence-corrected chi connectivity index (χ2v) is 15.6. The number of amides is 6. The van der Waals surface area contributed by atoms with E-state index in [1.54, 1.807) is 11.8 Å². The standard InChI is InChI=1S/C45H56N6O7/c1-3-5-6-7-14-23-58-45(57)50-39(43(55)46-4-2)26-47-40(52)31-19-21-32(22-20-31)44(56)51-27-35(41(53)48-37-24-33(37)29-15-10-8-11-16-29)36(28-51)42(54)49-38-25-34(38)30-17-12-9-13-18-30/h8-13,15-22,33-39H,3-7,14,23-28H2,1-2H3,(H,46,55)(H,47,52)(H,48,53)(H,49,54)(H,50,57)/t33-,34-,35-,36-,37+,38+,39+/m1/s1. The molecule has 1 heterocycles. The van der Waals surface area contributed by atoms with Gasteiger partial charge in [-0.3, -0.25) is 24.0 Å². The van der Waals surface area contributed by atoms with Gasteiger partial charge in [0.05, 0.1) is 18.4 Å². The fourth-order valence-corrected chi connectivity index (χ4v) is 7.73. The van der Waals surface area contributed by atoms with Gasteiger partial charge in [-0.15, -0.1) is 0 Å². The first-order valence-corrected chi connectivity index (χ1v) is 20.8. The minimum atomic E-state index is -1.06. The van der Waals surface area contributed by atoms with Gasteiger partial charge in [-0.25, -0.2) is 4.79 Å². The number of hydrogen-bond donors (Lipinski definition) is 5. The molecule has 1 aliphatic heterocycles. The van der Waals surface area contributed by atoms with Gasteiger partial charge in [0, 0.05) is 61.2 Å². The largest absolute Gasteiger partial charge is 0.450 e. The summed E-state index contributed by atoms with van der Waals surface area (Å²) in [5.74, 6) is -2.82. The highest BCUT2D eigenvalue weighted by molar-refractivity contribution is 5.99. The number of hydrogen-bond acceptors (Lipinski definition) is 7. The molecule has 308 valence electrons. The fraction of sp³-hybridized carbons (Fsp3) is 0.467. The zero-order valence-electron chi connectivity index (χ0n) is 33.4. The minimum absolute atomic E-state index is 0.0287. The lowest BCUT2D eigenvalue weighted by atomic mass is 9.94. The lowest BCUT2D eigenvalue weighted by molar-refractivity contribution is -0.133. The number of unbranched alkanes of at least 4 members (excludes halogenated alkanes) is 4. The van der Waals surface area contributed by atoms with E-state index in [0.717, 1.165) is 56.1 Å². The summed E-state index contributed by atoms with van der Waals surface area (Å²) in [7, 11) is 0. The second kappa shape index (κ2) is 20.1. The maximum Gasteiger partial charge on any atom is 0.407 e. The summed E-state index contributed by atoms with van der Waals surface area (Å²) in [6, 6.07) is 25.0. The van der Waals surface area contributed by atoms with Crippen LogP contribution >= 0.6 is 0 Å². The Morgan fingerprint density at radius 3 is 1.74 bits per heavy atom. The first-order valence-electron chi connectivity index (χ1n) is 20.8. The average Bonchev–Trinajstić information content (AvgIpc) is 4.15. The van der Waals surface area contributed by atoms with Gasteiger partial charge >= 0.3 is 6.09 Å². The van der Waals surface area contributed by atoms with E-state index in [1.165, 1.54) is 24.3 Å². The Balaban J connectivity index is 1.05. The smallest absolute Gasteiger partial charge is 0.407 e. The first-order chi connectivity index (χ1) is 28.2. The maximum absolute atomic E-state index is 13.9. The molecule has 1 saturated heterocycles. The summed E-state index contributed by atoms with van der Waals surface area (Å²) in [6.07, 6.45) is 5.86. The Labute approximate surface area is 340 Å². The molecule has 5 N–H and O–H groups in total. The lowest BCUT2D eigenvalue weighted by Crippen LogP contribution is -2.52. The lowest BCUT2D eigenvalue weighted by Gasteiger charge is -2.19. The first kappa shape index (κ1) is 41.9. The van der Waals surface area contributed by atoms with Gasteiger partial charge in [0.15, 0.2) is 0 Å². The van der Waals surface area contributed by atoms with Crippen molar-refractivity contribution in [1.29, 1.82) is 0 Å². The maximum atomic E-state index is 13.9. The second-order valence-electron chi connectivity index (χ2n) is 15.6. The van der Waals surface area contributed by atoms with Gasteiger partial charge in [0.2, 0.25) is 17.7 Å². The molecule has 6 amide bonds. The number of rotatable bonds is 19. The topological polar surface area (TPSA) is 175 Å². The number of likely N-dealkylation sites (N-methyl/N-ethyl adjacent to an activating group) is 1. The fourth-order valence-electron chi connectivity index (χ4n) is 7.73. The number of ether oxygens (including phenoxy) is 1. The van der Waals surface area contributed by atoms with Crippen LogP contribution in [0.15, 0.2) is 84.9 Å². The third kappa shape index (κ3) is 11.2. The molecule has 0 radical (unpaired) electrons. The summed E-state index contributed by atoms with van der Waals surface area (Å²) in [5, 5.41) is 14.2. The number of nitrogens with one attached hydrogen (secondary N) is 5. The highest BCUT2D eigenvalue weighted by Crippen LogP contribution is 2.42. The Hall–Kier alpha value is -5.72. The molecule has 3 fully saturated rings. The molecule has 6 rings (SSSR count). The highest BCUT2D eigenvalue weighted by atomic mass is 16.5. The van der Waals surface area contributed by atoms with Crippen molar-refractivity contribution in [3.05, 3.63) is 107 Å². The van der Waals surface area contributed by atoms with Crippen molar-refractivity contribution < 1.29 is 33.5 Å². The van der Waals surface area contributed by atoms with E-state index < -0.39 is 35.8 Å². The molecule has 3 aromatic carbocycles. The van der Waals surface area contributed by atoms with Crippen LogP contribution in [-0.4, -0.2) is 91.4 Å². The van der Waals surface area contributed by atoms with Crippen LogP contribution in [0.1, 0.15) is 102 Å². The van der Waals surface area contributed by atoms with Crippen molar-refractivity contribution >= 4 is 35.6 Å². The molecule has 7 atom stereocenters. The van der Waals surface area contributed by atoms with E-state index in [0.29, 0.717) is 12.1 Å². The van der Waals surface area contributed by atoms with Gasteiger partial charge in [0.1, 0.15) is 6.04 Å². The van der Waals surface area contributed by atoms with Crippen LogP contribution in [0.5, 0.6) is 0 Å². The van der Waals surface area contributed by atoms with Crippen LogP contribution in [0.2, 0.25) is 0 Å². The summed E-state index contributed by atoms with van der Waals surface area (Å²) in [5.41, 5.74) is 2.86.